The molecule has 6 nitrogen and oxygen atoms in total. The van der Waals surface area contributed by atoms with Crippen LogP contribution in [0.15, 0.2) is 40.9 Å². The van der Waals surface area contributed by atoms with Crippen LogP contribution in [0.25, 0.3) is 0 Å². The second kappa shape index (κ2) is 7.28. The predicted octanol–water partition coefficient (Wildman–Crippen LogP) is 4.79. The monoisotopic (exact) mass is 437 g/mol. The van der Waals surface area contributed by atoms with Crippen molar-refractivity contribution in [2.24, 2.45) is 0 Å². The number of rotatable bonds is 4. The van der Waals surface area contributed by atoms with Gasteiger partial charge in [0, 0.05) is 10.5 Å². The van der Waals surface area contributed by atoms with Gasteiger partial charge in [0.1, 0.15) is 5.69 Å². The first-order valence-corrected chi connectivity index (χ1v) is 7.63. The SMILES string of the molecule is O=C(NNc1ccc(C(F)(F)F)cc1[N+](=O)[O-])c1cc(Br)ccc1Cl. The highest BCUT2D eigenvalue weighted by atomic mass is 79.9. The molecule has 0 aliphatic heterocycles. The van der Waals surface area contributed by atoms with Crippen molar-refractivity contribution in [1.29, 1.82) is 0 Å². The highest BCUT2D eigenvalue weighted by Gasteiger charge is 2.33. The summed E-state index contributed by atoms with van der Waals surface area (Å²) in [6.07, 6.45) is -4.73. The number of nitro groups is 1. The lowest BCUT2D eigenvalue weighted by atomic mass is 10.1. The molecule has 132 valence electrons. The number of hydrogen-bond acceptors (Lipinski definition) is 4. The van der Waals surface area contributed by atoms with E-state index in [9.17, 15) is 28.1 Å². The van der Waals surface area contributed by atoms with Crippen molar-refractivity contribution < 1.29 is 22.9 Å². The number of nitro benzene ring substituents is 1. The largest absolute Gasteiger partial charge is 0.416 e. The van der Waals surface area contributed by atoms with E-state index in [1.165, 1.54) is 12.1 Å². The van der Waals surface area contributed by atoms with Crippen LogP contribution in [0.1, 0.15) is 15.9 Å². The zero-order chi connectivity index (χ0) is 18.8. The van der Waals surface area contributed by atoms with Crippen molar-refractivity contribution >= 4 is 44.8 Å². The van der Waals surface area contributed by atoms with Crippen LogP contribution in [0.3, 0.4) is 0 Å². The van der Waals surface area contributed by atoms with E-state index in [2.05, 4.69) is 26.8 Å². The Morgan fingerprint density at radius 1 is 1.20 bits per heavy atom. The van der Waals surface area contributed by atoms with Gasteiger partial charge in [-0.1, -0.05) is 27.5 Å². The number of halogens is 5. The molecule has 0 fully saturated rings. The lowest BCUT2D eigenvalue weighted by molar-refractivity contribution is -0.384. The summed E-state index contributed by atoms with van der Waals surface area (Å²) in [4.78, 5) is 22.1. The molecular formula is C14H8BrClF3N3O3. The van der Waals surface area contributed by atoms with Crippen molar-refractivity contribution in [3.05, 3.63) is 67.1 Å². The third kappa shape index (κ3) is 4.60. The second-order valence-corrected chi connectivity index (χ2v) is 6.01. The van der Waals surface area contributed by atoms with Crippen LogP contribution in [0, 0.1) is 10.1 Å². The van der Waals surface area contributed by atoms with Crippen molar-refractivity contribution in [3.63, 3.8) is 0 Å². The zero-order valence-electron chi connectivity index (χ0n) is 12.0. The molecule has 2 rings (SSSR count). The smallest absolute Gasteiger partial charge is 0.292 e. The van der Waals surface area contributed by atoms with Crippen molar-refractivity contribution in [1.82, 2.24) is 5.43 Å². The highest BCUT2D eigenvalue weighted by molar-refractivity contribution is 9.10. The molecule has 0 saturated heterocycles. The summed E-state index contributed by atoms with van der Waals surface area (Å²) in [7, 11) is 0. The van der Waals surface area contributed by atoms with Gasteiger partial charge in [-0.3, -0.25) is 25.8 Å². The molecule has 0 spiro atoms. The van der Waals surface area contributed by atoms with Gasteiger partial charge in [-0.15, -0.1) is 0 Å². The predicted molar refractivity (Wildman–Crippen MR) is 88.3 cm³/mol. The normalized spacial score (nSPS) is 11.1. The van der Waals surface area contributed by atoms with Crippen molar-refractivity contribution in [2.75, 3.05) is 5.43 Å². The van der Waals surface area contributed by atoms with Crippen molar-refractivity contribution in [3.8, 4) is 0 Å². The minimum Gasteiger partial charge on any atom is -0.292 e. The Kier molecular flexibility index (Phi) is 5.53. The molecular weight excluding hydrogens is 431 g/mol. The Morgan fingerprint density at radius 2 is 1.88 bits per heavy atom. The number of benzene rings is 2. The molecule has 0 radical (unpaired) electrons. The maximum absolute atomic E-state index is 12.6. The van der Waals surface area contributed by atoms with Gasteiger partial charge >= 0.3 is 6.18 Å². The van der Waals surface area contributed by atoms with E-state index in [-0.39, 0.29) is 16.3 Å². The second-order valence-electron chi connectivity index (χ2n) is 4.69. The third-order valence-corrected chi connectivity index (χ3v) is 3.83. The van der Waals surface area contributed by atoms with E-state index in [1.807, 2.05) is 0 Å². The summed E-state index contributed by atoms with van der Waals surface area (Å²) >= 11 is 9.05. The standard InChI is InChI=1S/C14H8BrClF3N3O3/c15-8-2-3-10(16)9(6-8)13(23)21-20-11-4-1-7(14(17,18)19)5-12(11)22(24)25/h1-6,20H,(H,21,23). The van der Waals surface area contributed by atoms with Crippen LogP contribution in [-0.2, 0) is 6.18 Å². The maximum Gasteiger partial charge on any atom is 0.416 e. The Balaban J connectivity index is 2.24. The molecule has 0 saturated carbocycles. The molecule has 25 heavy (non-hydrogen) atoms. The topological polar surface area (TPSA) is 84.3 Å². The number of carbonyl (C=O) groups is 1. The summed E-state index contributed by atoms with van der Waals surface area (Å²) in [6.45, 7) is 0. The molecule has 2 aromatic carbocycles. The van der Waals surface area contributed by atoms with Gasteiger partial charge in [-0.05, 0) is 30.3 Å². The minimum atomic E-state index is -4.73. The zero-order valence-corrected chi connectivity index (χ0v) is 14.4. The van der Waals surface area contributed by atoms with Gasteiger partial charge in [0.05, 0.1) is 21.1 Å². The van der Waals surface area contributed by atoms with E-state index in [0.717, 1.165) is 6.07 Å². The molecule has 11 heteroatoms. The first kappa shape index (κ1) is 19.0. The Morgan fingerprint density at radius 3 is 2.48 bits per heavy atom. The first-order valence-electron chi connectivity index (χ1n) is 6.46. The number of amides is 1. The first-order chi connectivity index (χ1) is 11.6. The molecule has 0 aliphatic carbocycles. The Labute approximate surface area is 152 Å². The molecule has 0 aromatic heterocycles. The van der Waals surface area contributed by atoms with Gasteiger partial charge in [-0.2, -0.15) is 13.2 Å². The molecule has 0 atom stereocenters. The number of alkyl halides is 3. The lowest BCUT2D eigenvalue weighted by Gasteiger charge is -2.12. The fourth-order valence-electron chi connectivity index (χ4n) is 1.83. The lowest BCUT2D eigenvalue weighted by Crippen LogP contribution is -2.30. The number of nitrogens with one attached hydrogen (secondary N) is 2. The van der Waals surface area contributed by atoms with E-state index < -0.39 is 28.3 Å². The van der Waals surface area contributed by atoms with Crippen LogP contribution >= 0.6 is 27.5 Å². The Hall–Kier alpha value is -2.33. The van der Waals surface area contributed by atoms with Crippen LogP contribution < -0.4 is 10.9 Å². The maximum atomic E-state index is 12.6. The molecule has 2 aromatic rings. The van der Waals surface area contributed by atoms with Gasteiger partial charge in [0.25, 0.3) is 11.6 Å². The van der Waals surface area contributed by atoms with Gasteiger partial charge in [0.15, 0.2) is 0 Å². The highest BCUT2D eigenvalue weighted by Crippen LogP contribution is 2.34. The summed E-state index contributed by atoms with van der Waals surface area (Å²) in [5, 5.41) is 11.1. The van der Waals surface area contributed by atoms with Crippen LogP contribution in [0.5, 0.6) is 0 Å². The van der Waals surface area contributed by atoms with Crippen LogP contribution in [0.4, 0.5) is 24.5 Å². The number of hydrogen-bond donors (Lipinski definition) is 2. The van der Waals surface area contributed by atoms with E-state index in [0.29, 0.717) is 16.6 Å². The summed E-state index contributed by atoms with van der Waals surface area (Å²) in [5.74, 6) is -0.722. The van der Waals surface area contributed by atoms with Crippen LogP contribution in [0.2, 0.25) is 5.02 Å². The molecule has 2 N–H and O–H groups in total. The summed E-state index contributed by atoms with van der Waals surface area (Å²) in [6, 6.07) is 6.37. The molecule has 0 heterocycles. The molecule has 0 unspecified atom stereocenters. The molecule has 1 amide bonds. The quantitative estimate of drug-likeness (QED) is 0.531. The summed E-state index contributed by atoms with van der Waals surface area (Å²) in [5.41, 5.74) is 2.14. The fraction of sp³-hybridized carbons (Fsp3) is 0.0714. The average Bonchev–Trinajstić information content (AvgIpc) is 2.53. The minimum absolute atomic E-state index is 0.0677. The van der Waals surface area contributed by atoms with E-state index >= 15 is 0 Å². The number of nitrogens with zero attached hydrogens (tertiary/aromatic N) is 1. The van der Waals surface area contributed by atoms with E-state index in [1.54, 1.807) is 6.07 Å². The van der Waals surface area contributed by atoms with Crippen molar-refractivity contribution in [2.45, 2.75) is 6.18 Å². The molecule has 0 bridgehead atoms. The van der Waals surface area contributed by atoms with Gasteiger partial charge in [-0.25, -0.2) is 0 Å². The van der Waals surface area contributed by atoms with Crippen LogP contribution in [-0.4, -0.2) is 10.8 Å². The number of carbonyl (C=O) groups excluding carboxylic acids is 1. The third-order valence-electron chi connectivity index (χ3n) is 3.01. The number of anilines is 1. The van der Waals surface area contributed by atoms with E-state index in [4.69, 9.17) is 11.6 Å². The van der Waals surface area contributed by atoms with Gasteiger partial charge in [0.2, 0.25) is 0 Å². The van der Waals surface area contributed by atoms with Gasteiger partial charge < -0.3 is 0 Å². The Bertz CT molecular complexity index is 846. The summed E-state index contributed by atoms with van der Waals surface area (Å²) < 4.78 is 38.5. The number of hydrazine groups is 1. The average molecular weight is 439 g/mol. The fourth-order valence-corrected chi connectivity index (χ4v) is 2.39. The molecule has 0 aliphatic rings.